The van der Waals surface area contributed by atoms with Crippen LogP contribution in [0.4, 0.5) is 18.9 Å². The van der Waals surface area contributed by atoms with E-state index in [1.807, 2.05) is 0 Å². The molecule has 0 unspecified atom stereocenters. The van der Waals surface area contributed by atoms with E-state index in [2.05, 4.69) is 14.7 Å². The molecule has 0 saturated heterocycles. The molecule has 9 heteroatoms. The molecule has 0 aliphatic carbocycles. The molecule has 1 aromatic heterocycles. The van der Waals surface area contributed by atoms with Crippen LogP contribution in [0.15, 0.2) is 28.8 Å². The van der Waals surface area contributed by atoms with Crippen molar-refractivity contribution in [1.82, 2.24) is 10.1 Å². The second-order valence-electron chi connectivity index (χ2n) is 4.66. The highest BCUT2D eigenvalue weighted by Gasteiger charge is 2.38. The van der Waals surface area contributed by atoms with Gasteiger partial charge in [0.2, 0.25) is 11.7 Å². The second kappa shape index (κ2) is 6.78. The number of aromatic nitrogens is 2. The van der Waals surface area contributed by atoms with E-state index in [0.717, 1.165) is 0 Å². The van der Waals surface area contributed by atoms with Crippen molar-refractivity contribution in [2.45, 2.75) is 12.6 Å². The lowest BCUT2D eigenvalue weighted by Gasteiger charge is -2.17. The first kappa shape index (κ1) is 16.9. The van der Waals surface area contributed by atoms with Crippen LogP contribution in [0.1, 0.15) is 12.3 Å². The number of carbonyl (C=O) groups is 1. The fourth-order valence-electron chi connectivity index (χ4n) is 1.79. The van der Waals surface area contributed by atoms with E-state index >= 15 is 0 Å². The van der Waals surface area contributed by atoms with Gasteiger partial charge in [-0.3, -0.25) is 4.79 Å². The van der Waals surface area contributed by atoms with Crippen LogP contribution < -0.4 is 4.90 Å². The van der Waals surface area contributed by atoms with E-state index in [9.17, 15) is 18.0 Å². The van der Waals surface area contributed by atoms with Gasteiger partial charge in [0.1, 0.15) is 0 Å². The van der Waals surface area contributed by atoms with Crippen LogP contribution in [0.2, 0.25) is 0 Å². The minimum atomic E-state index is -4.68. The highest BCUT2D eigenvalue weighted by Crippen LogP contribution is 2.29. The summed E-state index contributed by atoms with van der Waals surface area (Å²) in [5, 5.41) is 3.30. The number of methoxy groups -OCH3 is 1. The van der Waals surface area contributed by atoms with Crippen molar-refractivity contribution in [3.63, 3.8) is 0 Å². The number of halogens is 3. The van der Waals surface area contributed by atoms with E-state index < -0.39 is 12.1 Å². The molecule has 0 bridgehead atoms. The SMILES string of the molecule is COCCC(=O)N(C)c1ccc(-c2noc(C(F)(F)F)n2)cc1. The second-order valence-corrected chi connectivity index (χ2v) is 4.66. The van der Waals surface area contributed by atoms with Crippen LogP contribution in [-0.4, -0.2) is 36.8 Å². The Balaban J connectivity index is 2.13. The molecule has 0 N–H and O–H groups in total. The zero-order valence-corrected chi connectivity index (χ0v) is 12.4. The highest BCUT2D eigenvalue weighted by molar-refractivity contribution is 5.93. The molecule has 0 saturated carbocycles. The molecular weight excluding hydrogens is 315 g/mol. The number of hydrogen-bond donors (Lipinski definition) is 0. The predicted molar refractivity (Wildman–Crippen MR) is 74.6 cm³/mol. The molecule has 0 aliphatic heterocycles. The monoisotopic (exact) mass is 329 g/mol. The third-order valence-electron chi connectivity index (χ3n) is 3.08. The Labute approximate surface area is 129 Å². The first-order valence-corrected chi connectivity index (χ1v) is 6.59. The molecule has 23 heavy (non-hydrogen) atoms. The summed E-state index contributed by atoms with van der Waals surface area (Å²) in [7, 11) is 3.10. The summed E-state index contributed by atoms with van der Waals surface area (Å²) in [5.74, 6) is -1.71. The summed E-state index contributed by atoms with van der Waals surface area (Å²) in [6.45, 7) is 0.310. The number of hydrogen-bond acceptors (Lipinski definition) is 5. The Morgan fingerprint density at radius 2 is 1.96 bits per heavy atom. The summed E-state index contributed by atoms with van der Waals surface area (Å²) in [6.07, 6.45) is -4.45. The van der Waals surface area contributed by atoms with Gasteiger partial charge in [-0.1, -0.05) is 5.16 Å². The Morgan fingerprint density at radius 1 is 1.30 bits per heavy atom. The average molecular weight is 329 g/mol. The smallest absolute Gasteiger partial charge is 0.384 e. The summed E-state index contributed by atoms with van der Waals surface area (Å²) >= 11 is 0. The van der Waals surface area contributed by atoms with Gasteiger partial charge in [0, 0.05) is 25.4 Å². The summed E-state index contributed by atoms with van der Waals surface area (Å²) in [6, 6.07) is 6.20. The largest absolute Gasteiger partial charge is 0.471 e. The first-order chi connectivity index (χ1) is 10.8. The number of anilines is 1. The summed E-state index contributed by atoms with van der Waals surface area (Å²) < 4.78 is 46.3. The van der Waals surface area contributed by atoms with Gasteiger partial charge < -0.3 is 14.2 Å². The number of alkyl halides is 3. The normalized spacial score (nSPS) is 11.5. The van der Waals surface area contributed by atoms with Gasteiger partial charge in [0.05, 0.1) is 13.0 Å². The van der Waals surface area contributed by atoms with Gasteiger partial charge in [0.25, 0.3) is 0 Å². The van der Waals surface area contributed by atoms with Crippen molar-refractivity contribution >= 4 is 11.6 Å². The predicted octanol–water partition coefficient (Wildman–Crippen LogP) is 2.75. The molecule has 0 atom stereocenters. The van der Waals surface area contributed by atoms with E-state index in [-0.39, 0.29) is 18.2 Å². The Bertz CT molecular complexity index is 668. The fourth-order valence-corrected chi connectivity index (χ4v) is 1.79. The molecular formula is C14H14F3N3O3. The molecule has 1 heterocycles. The van der Waals surface area contributed by atoms with Crippen LogP contribution in [0, 0.1) is 0 Å². The van der Waals surface area contributed by atoms with Gasteiger partial charge in [-0.2, -0.15) is 18.2 Å². The quantitative estimate of drug-likeness (QED) is 0.844. The van der Waals surface area contributed by atoms with E-state index in [1.54, 1.807) is 19.2 Å². The molecule has 0 spiro atoms. The van der Waals surface area contributed by atoms with Crippen molar-refractivity contribution in [1.29, 1.82) is 0 Å². The molecule has 1 aromatic carbocycles. The first-order valence-electron chi connectivity index (χ1n) is 6.59. The summed E-state index contributed by atoms with van der Waals surface area (Å²) in [4.78, 5) is 16.6. The van der Waals surface area contributed by atoms with Crippen molar-refractivity contribution < 1.29 is 27.2 Å². The van der Waals surface area contributed by atoms with Crippen molar-refractivity contribution in [3.05, 3.63) is 30.2 Å². The van der Waals surface area contributed by atoms with Gasteiger partial charge >= 0.3 is 12.1 Å². The van der Waals surface area contributed by atoms with E-state index in [0.29, 0.717) is 17.9 Å². The number of carbonyl (C=O) groups excluding carboxylic acids is 1. The molecule has 0 aliphatic rings. The maximum atomic E-state index is 12.4. The van der Waals surface area contributed by atoms with E-state index in [1.165, 1.54) is 24.1 Å². The zero-order chi connectivity index (χ0) is 17.0. The van der Waals surface area contributed by atoms with Crippen LogP contribution >= 0.6 is 0 Å². The van der Waals surface area contributed by atoms with Crippen LogP contribution in [0.5, 0.6) is 0 Å². The fraction of sp³-hybridized carbons (Fsp3) is 0.357. The van der Waals surface area contributed by atoms with Crippen molar-refractivity contribution in [2.75, 3.05) is 25.7 Å². The maximum Gasteiger partial charge on any atom is 0.471 e. The minimum absolute atomic E-state index is 0.140. The number of benzene rings is 1. The standard InChI is InChI=1S/C14H14F3N3O3/c1-20(11(21)7-8-22-2)10-5-3-9(4-6-10)12-18-13(23-19-12)14(15,16)17/h3-6H,7-8H2,1-2H3. The Hall–Kier alpha value is -2.42. The van der Waals surface area contributed by atoms with Crippen molar-refractivity contribution in [2.24, 2.45) is 0 Å². The lowest BCUT2D eigenvalue weighted by molar-refractivity contribution is -0.159. The van der Waals surface area contributed by atoms with Crippen LogP contribution in [-0.2, 0) is 15.7 Å². The number of ether oxygens (including phenoxy) is 1. The highest BCUT2D eigenvalue weighted by atomic mass is 19.4. The third kappa shape index (κ3) is 4.07. The number of nitrogens with zero attached hydrogens (tertiary/aromatic N) is 3. The van der Waals surface area contributed by atoms with Crippen molar-refractivity contribution in [3.8, 4) is 11.4 Å². The number of rotatable bonds is 5. The third-order valence-corrected chi connectivity index (χ3v) is 3.08. The van der Waals surface area contributed by atoms with Gasteiger partial charge in [-0.05, 0) is 24.3 Å². The zero-order valence-electron chi connectivity index (χ0n) is 12.4. The molecule has 0 radical (unpaired) electrons. The molecule has 0 fully saturated rings. The molecule has 124 valence electrons. The molecule has 2 rings (SSSR count). The lowest BCUT2D eigenvalue weighted by atomic mass is 10.2. The Morgan fingerprint density at radius 3 is 2.48 bits per heavy atom. The van der Waals surface area contributed by atoms with Crippen LogP contribution in [0.3, 0.4) is 0 Å². The average Bonchev–Trinajstić information content (AvgIpc) is 3.02. The van der Waals surface area contributed by atoms with E-state index in [4.69, 9.17) is 4.74 Å². The molecule has 1 amide bonds. The summed E-state index contributed by atoms with van der Waals surface area (Å²) in [5.41, 5.74) is 0.945. The minimum Gasteiger partial charge on any atom is -0.384 e. The van der Waals surface area contributed by atoms with Gasteiger partial charge in [0.15, 0.2) is 0 Å². The maximum absolute atomic E-state index is 12.4. The lowest BCUT2D eigenvalue weighted by Crippen LogP contribution is -2.26. The van der Waals surface area contributed by atoms with Gasteiger partial charge in [-0.25, -0.2) is 0 Å². The Kier molecular flexibility index (Phi) is 4.99. The molecule has 6 nitrogen and oxygen atoms in total. The number of amides is 1. The van der Waals surface area contributed by atoms with Crippen LogP contribution in [0.25, 0.3) is 11.4 Å². The topological polar surface area (TPSA) is 68.5 Å². The molecule has 2 aromatic rings. The van der Waals surface area contributed by atoms with Gasteiger partial charge in [-0.15, -0.1) is 0 Å².